The maximum absolute atomic E-state index is 13.7. The smallest absolute Gasteiger partial charge is 0.264 e. The lowest BCUT2D eigenvalue weighted by Crippen LogP contribution is -2.51. The fourth-order valence-electron chi connectivity index (χ4n) is 4.13. The molecule has 2 aromatic rings. The molecule has 3 rings (SSSR count). The third-order valence-corrected chi connectivity index (χ3v) is 8.06. The molecule has 0 unspecified atom stereocenters. The first-order valence-corrected chi connectivity index (χ1v) is 12.9. The molecule has 1 saturated heterocycles. The van der Waals surface area contributed by atoms with Crippen molar-refractivity contribution >= 4 is 27.5 Å². The first-order chi connectivity index (χ1) is 16.2. The van der Waals surface area contributed by atoms with Gasteiger partial charge in [-0.25, -0.2) is 8.42 Å². The van der Waals surface area contributed by atoms with E-state index in [1.807, 2.05) is 19.9 Å². The van der Waals surface area contributed by atoms with E-state index in [9.17, 15) is 18.0 Å². The normalized spacial score (nSPS) is 14.1. The molecular formula is C25H33N3O5S. The van der Waals surface area contributed by atoms with E-state index in [-0.39, 0.29) is 29.7 Å². The fourth-order valence-corrected chi connectivity index (χ4v) is 5.80. The van der Waals surface area contributed by atoms with Crippen LogP contribution in [0.25, 0.3) is 0 Å². The molecule has 1 aliphatic heterocycles. The van der Waals surface area contributed by atoms with E-state index in [2.05, 4.69) is 0 Å². The third kappa shape index (κ3) is 5.70. The third-order valence-electron chi connectivity index (χ3n) is 6.08. The van der Waals surface area contributed by atoms with E-state index in [0.717, 1.165) is 5.56 Å². The van der Waals surface area contributed by atoms with Gasteiger partial charge in [0.15, 0.2) is 0 Å². The first kappa shape index (κ1) is 25.6. The summed E-state index contributed by atoms with van der Waals surface area (Å²) in [7, 11) is -2.35. The number of sulfonamides is 1. The number of carbonyl (C=O) groups is 2. The average molecular weight is 488 g/mol. The van der Waals surface area contributed by atoms with Gasteiger partial charge in [0.05, 0.1) is 17.7 Å². The number of nitrogens with zero attached hydrogens (tertiary/aromatic N) is 3. The molecule has 9 heteroatoms. The van der Waals surface area contributed by atoms with Gasteiger partial charge in [-0.2, -0.15) is 0 Å². The van der Waals surface area contributed by atoms with Crippen molar-refractivity contribution in [2.24, 2.45) is 0 Å². The lowest BCUT2D eigenvalue weighted by atomic mass is 10.2. The van der Waals surface area contributed by atoms with E-state index in [0.29, 0.717) is 49.6 Å². The molecule has 0 aromatic heterocycles. The Morgan fingerprint density at radius 3 is 2.06 bits per heavy atom. The van der Waals surface area contributed by atoms with Gasteiger partial charge in [0.2, 0.25) is 11.8 Å². The maximum atomic E-state index is 13.7. The quantitative estimate of drug-likeness (QED) is 0.571. The number of rotatable bonds is 8. The van der Waals surface area contributed by atoms with Crippen LogP contribution in [0.5, 0.6) is 5.75 Å². The Morgan fingerprint density at radius 2 is 1.53 bits per heavy atom. The predicted octanol–water partition coefficient (Wildman–Crippen LogP) is 2.98. The van der Waals surface area contributed by atoms with Gasteiger partial charge in [0, 0.05) is 45.6 Å². The number of methoxy groups -OCH3 is 1. The summed E-state index contributed by atoms with van der Waals surface area (Å²) in [6.45, 7) is 7.43. The van der Waals surface area contributed by atoms with Crippen LogP contribution in [0.2, 0.25) is 0 Å². The standard InChI is InChI=1S/C25H33N3O5S/c1-5-24(29)26-14-16-27(17-15-26)25(30)12-13-28(21-7-9-22(33-4)10-8-21)34(31,32)23-11-6-19(2)18-20(23)3/h6-11,18H,5,12-17H2,1-4H3. The predicted molar refractivity (Wildman–Crippen MR) is 132 cm³/mol. The summed E-state index contributed by atoms with van der Waals surface area (Å²) in [4.78, 5) is 28.5. The van der Waals surface area contributed by atoms with Crippen molar-refractivity contribution in [1.82, 2.24) is 9.80 Å². The molecule has 34 heavy (non-hydrogen) atoms. The molecule has 2 aromatic carbocycles. The minimum atomic E-state index is -3.90. The molecule has 0 spiro atoms. The number of hydrogen-bond acceptors (Lipinski definition) is 5. The Balaban J connectivity index is 1.81. The highest BCUT2D eigenvalue weighted by molar-refractivity contribution is 7.92. The van der Waals surface area contributed by atoms with Crippen LogP contribution in [0, 0.1) is 13.8 Å². The van der Waals surface area contributed by atoms with Crippen molar-refractivity contribution in [3.05, 3.63) is 53.6 Å². The topological polar surface area (TPSA) is 87.2 Å². The summed E-state index contributed by atoms with van der Waals surface area (Å²) >= 11 is 0. The second-order valence-corrected chi connectivity index (χ2v) is 10.2. The monoisotopic (exact) mass is 487 g/mol. The van der Waals surface area contributed by atoms with Crippen LogP contribution in [0.4, 0.5) is 5.69 Å². The van der Waals surface area contributed by atoms with E-state index in [1.165, 1.54) is 4.31 Å². The Kier molecular flexibility index (Phi) is 8.19. The Hall–Kier alpha value is -3.07. The lowest BCUT2D eigenvalue weighted by molar-refractivity contribution is -0.139. The summed E-state index contributed by atoms with van der Waals surface area (Å²) in [5.41, 5.74) is 2.09. The van der Waals surface area contributed by atoms with Crippen molar-refractivity contribution in [1.29, 1.82) is 0 Å². The highest BCUT2D eigenvalue weighted by Crippen LogP contribution is 2.28. The molecule has 1 heterocycles. The lowest BCUT2D eigenvalue weighted by Gasteiger charge is -2.35. The minimum Gasteiger partial charge on any atom is -0.497 e. The molecule has 184 valence electrons. The summed E-state index contributed by atoms with van der Waals surface area (Å²) in [6, 6.07) is 12.0. The van der Waals surface area contributed by atoms with Gasteiger partial charge < -0.3 is 14.5 Å². The number of ether oxygens (including phenoxy) is 1. The first-order valence-electron chi connectivity index (χ1n) is 11.5. The Labute approximate surface area is 202 Å². The van der Waals surface area contributed by atoms with Crippen molar-refractivity contribution < 1.29 is 22.7 Å². The summed E-state index contributed by atoms with van der Waals surface area (Å²) in [5, 5.41) is 0. The number of anilines is 1. The van der Waals surface area contributed by atoms with E-state index < -0.39 is 10.0 Å². The van der Waals surface area contributed by atoms with Crippen LogP contribution >= 0.6 is 0 Å². The second kappa shape index (κ2) is 10.9. The number of benzene rings is 2. The van der Waals surface area contributed by atoms with Gasteiger partial charge in [0.25, 0.3) is 10.0 Å². The zero-order valence-electron chi connectivity index (χ0n) is 20.3. The molecule has 1 aliphatic rings. The van der Waals surface area contributed by atoms with Gasteiger partial charge in [-0.3, -0.25) is 13.9 Å². The van der Waals surface area contributed by atoms with Crippen LogP contribution in [0.3, 0.4) is 0 Å². The zero-order valence-corrected chi connectivity index (χ0v) is 21.1. The largest absolute Gasteiger partial charge is 0.497 e. The summed E-state index contributed by atoms with van der Waals surface area (Å²) in [6.07, 6.45) is 0.485. The minimum absolute atomic E-state index is 0.00885. The molecule has 0 bridgehead atoms. The molecule has 0 saturated carbocycles. The Morgan fingerprint density at radius 1 is 0.941 bits per heavy atom. The van der Waals surface area contributed by atoms with Gasteiger partial charge >= 0.3 is 0 Å². The highest BCUT2D eigenvalue weighted by atomic mass is 32.2. The number of amides is 2. The summed E-state index contributed by atoms with van der Waals surface area (Å²) in [5.74, 6) is 0.568. The maximum Gasteiger partial charge on any atom is 0.264 e. The van der Waals surface area contributed by atoms with Gasteiger partial charge in [0.1, 0.15) is 5.75 Å². The number of aryl methyl sites for hydroxylation is 2. The Bertz CT molecular complexity index is 1120. The summed E-state index contributed by atoms with van der Waals surface area (Å²) < 4.78 is 33.9. The molecule has 1 fully saturated rings. The molecule has 0 atom stereocenters. The highest BCUT2D eigenvalue weighted by Gasteiger charge is 2.29. The second-order valence-electron chi connectivity index (χ2n) is 8.41. The van der Waals surface area contributed by atoms with Crippen LogP contribution in [-0.4, -0.2) is 69.9 Å². The molecule has 0 aliphatic carbocycles. The average Bonchev–Trinajstić information content (AvgIpc) is 2.83. The molecular weight excluding hydrogens is 454 g/mol. The van der Waals surface area contributed by atoms with Crippen LogP contribution < -0.4 is 9.04 Å². The van der Waals surface area contributed by atoms with Gasteiger partial charge in [-0.15, -0.1) is 0 Å². The van der Waals surface area contributed by atoms with Crippen LogP contribution in [0.15, 0.2) is 47.4 Å². The van der Waals surface area contributed by atoms with E-state index >= 15 is 0 Å². The number of piperazine rings is 1. The molecule has 2 amide bonds. The SMILES string of the molecule is CCC(=O)N1CCN(C(=O)CCN(c2ccc(OC)cc2)S(=O)(=O)c2ccc(C)cc2C)CC1. The fraction of sp³-hybridized carbons (Fsp3) is 0.440. The van der Waals surface area contributed by atoms with Crippen LogP contribution in [-0.2, 0) is 19.6 Å². The number of hydrogen-bond donors (Lipinski definition) is 0. The van der Waals surface area contributed by atoms with Crippen LogP contribution in [0.1, 0.15) is 30.9 Å². The van der Waals surface area contributed by atoms with Crippen molar-refractivity contribution in [3.63, 3.8) is 0 Å². The van der Waals surface area contributed by atoms with E-state index in [4.69, 9.17) is 4.74 Å². The molecule has 0 radical (unpaired) electrons. The number of carbonyl (C=O) groups excluding carboxylic acids is 2. The van der Waals surface area contributed by atoms with Crippen molar-refractivity contribution in [2.45, 2.75) is 38.5 Å². The van der Waals surface area contributed by atoms with Gasteiger partial charge in [-0.05, 0) is 49.7 Å². The molecule has 0 N–H and O–H groups in total. The van der Waals surface area contributed by atoms with Crippen molar-refractivity contribution in [2.75, 3.05) is 44.1 Å². The zero-order chi connectivity index (χ0) is 24.9. The van der Waals surface area contributed by atoms with E-state index in [1.54, 1.807) is 60.2 Å². The van der Waals surface area contributed by atoms with Gasteiger partial charge in [-0.1, -0.05) is 24.6 Å². The van der Waals surface area contributed by atoms with Crippen molar-refractivity contribution in [3.8, 4) is 5.75 Å². The molecule has 8 nitrogen and oxygen atoms in total.